The monoisotopic (exact) mass is 328 g/mol. The van der Waals surface area contributed by atoms with Crippen LogP contribution in [-0.4, -0.2) is 47.3 Å². The van der Waals surface area contributed by atoms with Gasteiger partial charge in [-0.15, -0.1) is 5.10 Å². The predicted octanol–water partition coefficient (Wildman–Crippen LogP) is 0.988. The van der Waals surface area contributed by atoms with Crippen molar-refractivity contribution in [2.75, 3.05) is 24.5 Å². The Bertz CT molecular complexity index is 593. The second-order valence-electron chi connectivity index (χ2n) is 6.70. The van der Waals surface area contributed by atoms with Gasteiger partial charge in [0.1, 0.15) is 5.54 Å². The molecule has 1 aliphatic carbocycles. The van der Waals surface area contributed by atoms with E-state index in [-0.39, 0.29) is 18.5 Å². The van der Waals surface area contributed by atoms with Crippen molar-refractivity contribution in [1.82, 2.24) is 20.8 Å². The lowest BCUT2D eigenvalue weighted by atomic mass is 10.00. The van der Waals surface area contributed by atoms with E-state index in [0.717, 1.165) is 57.4 Å². The molecule has 0 bridgehead atoms. The zero-order valence-electron chi connectivity index (χ0n) is 13.9. The molecule has 24 heavy (non-hydrogen) atoms. The van der Waals surface area contributed by atoms with Gasteiger partial charge in [0.15, 0.2) is 5.82 Å². The van der Waals surface area contributed by atoms with E-state index in [2.05, 4.69) is 31.8 Å². The molecule has 3 rings (SSSR count). The summed E-state index contributed by atoms with van der Waals surface area (Å²) in [5.41, 5.74) is -0.642. The minimum Gasteiger partial charge on any atom is -0.354 e. The van der Waals surface area contributed by atoms with Crippen LogP contribution in [0, 0.1) is 11.3 Å². The number of carbonyl (C=O) groups is 1. The van der Waals surface area contributed by atoms with Crippen molar-refractivity contribution in [1.29, 1.82) is 5.26 Å². The fourth-order valence-corrected chi connectivity index (χ4v) is 3.61. The maximum atomic E-state index is 12.2. The highest BCUT2D eigenvalue weighted by Crippen LogP contribution is 2.28. The molecule has 0 unspecified atom stereocenters. The van der Waals surface area contributed by atoms with Crippen LogP contribution in [0.5, 0.6) is 0 Å². The third-order valence-corrected chi connectivity index (χ3v) is 4.90. The highest BCUT2D eigenvalue weighted by Gasteiger charge is 2.35. The molecule has 0 spiro atoms. The number of hydrogen-bond donors (Lipinski definition) is 2. The average molecular weight is 328 g/mol. The SMILES string of the molecule is N#CC1(NC(=O)CN[C@H]2CCCN(c3cccnn3)C2)CCCC1. The quantitative estimate of drug-likeness (QED) is 0.837. The lowest BCUT2D eigenvalue weighted by Gasteiger charge is -2.33. The summed E-state index contributed by atoms with van der Waals surface area (Å²) in [4.78, 5) is 14.4. The predicted molar refractivity (Wildman–Crippen MR) is 90.2 cm³/mol. The third kappa shape index (κ3) is 4.01. The Balaban J connectivity index is 1.48. The van der Waals surface area contributed by atoms with Gasteiger partial charge in [-0.2, -0.15) is 10.4 Å². The molecule has 1 aromatic heterocycles. The molecule has 1 aromatic rings. The van der Waals surface area contributed by atoms with E-state index in [1.165, 1.54) is 0 Å². The lowest BCUT2D eigenvalue weighted by Crippen LogP contribution is -2.52. The van der Waals surface area contributed by atoms with Gasteiger partial charge in [-0.1, -0.05) is 0 Å². The summed E-state index contributed by atoms with van der Waals surface area (Å²) < 4.78 is 0. The van der Waals surface area contributed by atoms with Crippen molar-refractivity contribution in [2.24, 2.45) is 0 Å². The Morgan fingerprint density at radius 3 is 2.96 bits per heavy atom. The number of hydrogen-bond acceptors (Lipinski definition) is 6. The summed E-state index contributed by atoms with van der Waals surface area (Å²) in [6, 6.07) is 6.38. The molecular weight excluding hydrogens is 304 g/mol. The molecule has 2 aliphatic rings. The normalized spacial score (nSPS) is 22.8. The largest absolute Gasteiger partial charge is 0.354 e. The first-order chi connectivity index (χ1) is 11.7. The van der Waals surface area contributed by atoms with Crippen molar-refractivity contribution >= 4 is 11.7 Å². The van der Waals surface area contributed by atoms with Crippen molar-refractivity contribution in [3.8, 4) is 6.07 Å². The molecule has 1 aliphatic heterocycles. The van der Waals surface area contributed by atoms with Crippen LogP contribution in [0.25, 0.3) is 0 Å². The van der Waals surface area contributed by atoms with E-state index in [9.17, 15) is 10.1 Å². The van der Waals surface area contributed by atoms with E-state index in [1.54, 1.807) is 6.20 Å². The fraction of sp³-hybridized carbons (Fsp3) is 0.647. The summed E-state index contributed by atoms with van der Waals surface area (Å²) in [6.45, 7) is 2.03. The molecular formula is C17H24N6O. The molecule has 1 saturated carbocycles. The molecule has 2 fully saturated rings. The number of rotatable bonds is 5. The van der Waals surface area contributed by atoms with E-state index >= 15 is 0 Å². The Morgan fingerprint density at radius 1 is 1.42 bits per heavy atom. The maximum absolute atomic E-state index is 12.2. The van der Waals surface area contributed by atoms with Crippen LogP contribution in [0.4, 0.5) is 5.82 Å². The van der Waals surface area contributed by atoms with Gasteiger partial charge in [0.2, 0.25) is 5.91 Å². The van der Waals surface area contributed by atoms with Crippen LogP contribution >= 0.6 is 0 Å². The molecule has 7 heteroatoms. The number of amides is 1. The Labute approximate surface area is 142 Å². The average Bonchev–Trinajstić information content (AvgIpc) is 3.10. The Kier molecular flexibility index (Phi) is 5.26. The zero-order chi connectivity index (χ0) is 16.8. The van der Waals surface area contributed by atoms with E-state index in [4.69, 9.17) is 0 Å². The van der Waals surface area contributed by atoms with E-state index < -0.39 is 5.54 Å². The molecule has 0 aromatic carbocycles. The highest BCUT2D eigenvalue weighted by molar-refractivity contribution is 5.79. The van der Waals surface area contributed by atoms with E-state index in [1.807, 2.05) is 12.1 Å². The van der Waals surface area contributed by atoms with Crippen molar-refractivity contribution < 1.29 is 4.79 Å². The third-order valence-electron chi connectivity index (χ3n) is 4.90. The number of nitrogens with one attached hydrogen (secondary N) is 2. The molecule has 2 heterocycles. The van der Waals surface area contributed by atoms with Gasteiger partial charge >= 0.3 is 0 Å². The van der Waals surface area contributed by atoms with Gasteiger partial charge in [-0.25, -0.2) is 0 Å². The summed E-state index contributed by atoms with van der Waals surface area (Å²) in [5, 5.41) is 23.7. The van der Waals surface area contributed by atoms with Crippen LogP contribution in [0.3, 0.4) is 0 Å². The fourth-order valence-electron chi connectivity index (χ4n) is 3.61. The number of anilines is 1. The Morgan fingerprint density at radius 2 is 2.25 bits per heavy atom. The zero-order valence-corrected chi connectivity index (χ0v) is 13.9. The summed E-state index contributed by atoms with van der Waals surface area (Å²) >= 11 is 0. The first kappa shape index (κ1) is 16.7. The minimum atomic E-state index is -0.642. The van der Waals surface area contributed by atoms with Crippen LogP contribution in [0.1, 0.15) is 38.5 Å². The molecule has 7 nitrogen and oxygen atoms in total. The van der Waals surface area contributed by atoms with Crippen LogP contribution < -0.4 is 15.5 Å². The molecule has 1 saturated heterocycles. The second kappa shape index (κ2) is 7.58. The first-order valence-corrected chi connectivity index (χ1v) is 8.69. The molecule has 128 valence electrons. The number of piperidine rings is 1. The van der Waals surface area contributed by atoms with Gasteiger partial charge in [0.25, 0.3) is 0 Å². The maximum Gasteiger partial charge on any atom is 0.235 e. The van der Waals surface area contributed by atoms with Gasteiger partial charge in [0, 0.05) is 25.3 Å². The standard InChI is InChI=1S/C17H24N6O/c18-13-17(7-1-2-8-17)21-16(24)11-19-14-5-4-10-23(12-14)15-6-3-9-20-22-15/h3,6,9,14,19H,1-2,4-5,7-8,10-12H2,(H,21,24)/t14-/m0/s1. The van der Waals surface area contributed by atoms with Gasteiger partial charge in [0.05, 0.1) is 12.6 Å². The first-order valence-electron chi connectivity index (χ1n) is 8.69. The molecule has 1 atom stereocenters. The van der Waals surface area contributed by atoms with Crippen LogP contribution in [0.2, 0.25) is 0 Å². The lowest BCUT2D eigenvalue weighted by molar-refractivity contribution is -0.121. The van der Waals surface area contributed by atoms with Gasteiger partial charge in [-0.3, -0.25) is 4.79 Å². The minimum absolute atomic E-state index is 0.0879. The highest BCUT2D eigenvalue weighted by atomic mass is 16.2. The van der Waals surface area contributed by atoms with E-state index in [0.29, 0.717) is 0 Å². The number of nitriles is 1. The molecule has 0 radical (unpaired) electrons. The smallest absolute Gasteiger partial charge is 0.235 e. The Hall–Kier alpha value is -2.20. The van der Waals surface area contributed by atoms with Crippen molar-refractivity contribution in [3.63, 3.8) is 0 Å². The molecule has 2 N–H and O–H groups in total. The van der Waals surface area contributed by atoms with Crippen LogP contribution in [0.15, 0.2) is 18.3 Å². The van der Waals surface area contributed by atoms with Gasteiger partial charge < -0.3 is 15.5 Å². The topological polar surface area (TPSA) is 93.9 Å². The summed E-state index contributed by atoms with van der Waals surface area (Å²) in [6.07, 6.45) is 7.30. The van der Waals surface area contributed by atoms with Crippen LogP contribution in [-0.2, 0) is 4.79 Å². The number of aromatic nitrogens is 2. The number of nitrogens with zero attached hydrogens (tertiary/aromatic N) is 4. The van der Waals surface area contributed by atoms with Gasteiger partial charge in [-0.05, 0) is 50.7 Å². The summed E-state index contributed by atoms with van der Waals surface area (Å²) in [5.74, 6) is 0.790. The van der Waals surface area contributed by atoms with Crippen molar-refractivity contribution in [3.05, 3.63) is 18.3 Å². The van der Waals surface area contributed by atoms with Crippen molar-refractivity contribution in [2.45, 2.75) is 50.1 Å². The summed E-state index contributed by atoms with van der Waals surface area (Å²) in [7, 11) is 0. The molecule has 1 amide bonds. The second-order valence-corrected chi connectivity index (χ2v) is 6.70. The number of carbonyl (C=O) groups excluding carboxylic acids is 1.